The molecule has 6 nitrogen and oxygen atoms in total. The summed E-state index contributed by atoms with van der Waals surface area (Å²) in [4.78, 5) is 22.1. The molecular weight excluding hydrogens is 413 g/mol. The maximum absolute atomic E-state index is 14.0. The van der Waals surface area contributed by atoms with Crippen molar-refractivity contribution in [2.24, 2.45) is 5.41 Å². The lowest BCUT2D eigenvalue weighted by molar-refractivity contribution is -0.118. The lowest BCUT2D eigenvalue weighted by Gasteiger charge is -2.38. The molecule has 0 fully saturated rings. The molecule has 158 valence electrons. The van der Waals surface area contributed by atoms with Gasteiger partial charge in [0.15, 0.2) is 5.78 Å². The molecule has 2 aromatic heterocycles. The SMILES string of the molecule is CC1(C)CC(=O)C2=C(C1)Nc1nc(SCc3ccccc3F)nn1[C@H]2c1cccnc1. The predicted octanol–water partition coefficient (Wildman–Crippen LogP) is 4.76. The highest BCUT2D eigenvalue weighted by Gasteiger charge is 2.41. The van der Waals surface area contributed by atoms with Gasteiger partial charge in [0, 0.05) is 35.8 Å². The van der Waals surface area contributed by atoms with Crippen molar-refractivity contribution in [1.29, 1.82) is 0 Å². The summed E-state index contributed by atoms with van der Waals surface area (Å²) in [6, 6.07) is 10.1. The number of nitrogens with zero attached hydrogens (tertiary/aromatic N) is 4. The number of hydrogen-bond acceptors (Lipinski definition) is 6. The first-order valence-corrected chi connectivity index (χ1v) is 11.2. The molecule has 0 amide bonds. The van der Waals surface area contributed by atoms with E-state index < -0.39 is 0 Å². The Kier molecular flexibility index (Phi) is 4.89. The molecule has 0 saturated carbocycles. The summed E-state index contributed by atoms with van der Waals surface area (Å²) in [5.41, 5.74) is 3.01. The average Bonchev–Trinajstić information content (AvgIpc) is 3.14. The molecule has 1 aromatic carbocycles. The Morgan fingerprint density at radius 2 is 2.06 bits per heavy atom. The monoisotopic (exact) mass is 435 g/mol. The summed E-state index contributed by atoms with van der Waals surface area (Å²) in [6.07, 6.45) is 4.73. The van der Waals surface area contributed by atoms with Gasteiger partial charge in [-0.05, 0) is 35.1 Å². The highest BCUT2D eigenvalue weighted by atomic mass is 32.2. The fraction of sp³-hybridized carbons (Fsp3) is 0.304. The van der Waals surface area contributed by atoms with Crippen molar-refractivity contribution in [2.75, 3.05) is 5.32 Å². The van der Waals surface area contributed by atoms with Gasteiger partial charge in [-0.25, -0.2) is 9.07 Å². The van der Waals surface area contributed by atoms with E-state index in [0.29, 0.717) is 28.8 Å². The number of thioether (sulfide) groups is 1. The van der Waals surface area contributed by atoms with Crippen LogP contribution in [0.25, 0.3) is 0 Å². The van der Waals surface area contributed by atoms with Crippen LogP contribution < -0.4 is 5.32 Å². The summed E-state index contributed by atoms with van der Waals surface area (Å²) in [6.45, 7) is 4.20. The number of halogens is 1. The molecule has 0 radical (unpaired) electrons. The number of fused-ring (bicyclic) bond motifs is 1. The molecule has 0 bridgehead atoms. The van der Waals surface area contributed by atoms with E-state index in [1.54, 1.807) is 29.2 Å². The molecule has 31 heavy (non-hydrogen) atoms. The molecule has 3 aromatic rings. The number of aromatic nitrogens is 4. The second kappa shape index (κ2) is 7.60. The van der Waals surface area contributed by atoms with Gasteiger partial charge in [0.05, 0.1) is 0 Å². The molecule has 0 saturated heterocycles. The number of nitrogens with one attached hydrogen (secondary N) is 1. The van der Waals surface area contributed by atoms with Crippen molar-refractivity contribution < 1.29 is 9.18 Å². The Morgan fingerprint density at radius 1 is 1.23 bits per heavy atom. The zero-order chi connectivity index (χ0) is 21.6. The minimum absolute atomic E-state index is 0.118. The Hall–Kier alpha value is -3.00. The van der Waals surface area contributed by atoms with Crippen LogP contribution in [-0.4, -0.2) is 25.5 Å². The van der Waals surface area contributed by atoms with Crippen LogP contribution >= 0.6 is 11.8 Å². The van der Waals surface area contributed by atoms with Gasteiger partial charge >= 0.3 is 0 Å². The predicted molar refractivity (Wildman–Crippen MR) is 117 cm³/mol. The minimum atomic E-state index is -0.376. The van der Waals surface area contributed by atoms with Crippen molar-refractivity contribution in [3.8, 4) is 0 Å². The smallest absolute Gasteiger partial charge is 0.227 e. The summed E-state index contributed by atoms with van der Waals surface area (Å²) in [5.74, 6) is 0.894. The fourth-order valence-corrected chi connectivity index (χ4v) is 5.07. The van der Waals surface area contributed by atoms with Gasteiger partial charge in [0.2, 0.25) is 11.1 Å². The lowest BCUT2D eigenvalue weighted by atomic mass is 9.73. The topological polar surface area (TPSA) is 72.7 Å². The molecule has 8 heteroatoms. The normalized spacial score (nSPS) is 19.6. The number of hydrogen-bond donors (Lipinski definition) is 1. The van der Waals surface area contributed by atoms with Crippen LogP contribution in [0.1, 0.15) is 43.9 Å². The summed E-state index contributed by atoms with van der Waals surface area (Å²) < 4.78 is 15.8. The Labute approximate surface area is 184 Å². The first-order valence-electron chi connectivity index (χ1n) is 10.2. The third-order valence-corrected chi connectivity index (χ3v) is 6.51. The van der Waals surface area contributed by atoms with E-state index in [2.05, 4.69) is 34.2 Å². The zero-order valence-electron chi connectivity index (χ0n) is 17.3. The third-order valence-electron chi connectivity index (χ3n) is 5.63. The van der Waals surface area contributed by atoms with E-state index in [9.17, 15) is 9.18 Å². The Balaban J connectivity index is 1.52. The van der Waals surface area contributed by atoms with Crippen molar-refractivity contribution in [2.45, 2.75) is 43.6 Å². The maximum atomic E-state index is 14.0. The van der Waals surface area contributed by atoms with Crippen LogP contribution in [0.4, 0.5) is 10.3 Å². The number of benzene rings is 1. The quantitative estimate of drug-likeness (QED) is 0.596. The molecule has 2 aliphatic rings. The molecule has 1 atom stereocenters. The lowest BCUT2D eigenvalue weighted by Crippen LogP contribution is -2.36. The Bertz CT molecular complexity index is 1190. The first-order chi connectivity index (χ1) is 14.9. The molecule has 1 N–H and O–H groups in total. The largest absolute Gasteiger partial charge is 0.328 e. The van der Waals surface area contributed by atoms with Crippen LogP contribution in [-0.2, 0) is 10.5 Å². The number of carbonyl (C=O) groups is 1. The Morgan fingerprint density at radius 3 is 2.84 bits per heavy atom. The number of ketones is 1. The van der Waals surface area contributed by atoms with Gasteiger partial charge in [0.1, 0.15) is 11.9 Å². The second-order valence-electron chi connectivity index (χ2n) is 8.69. The van der Waals surface area contributed by atoms with Gasteiger partial charge in [0.25, 0.3) is 0 Å². The van der Waals surface area contributed by atoms with E-state index in [0.717, 1.165) is 23.3 Å². The molecule has 3 heterocycles. The maximum Gasteiger partial charge on any atom is 0.227 e. The van der Waals surface area contributed by atoms with E-state index in [1.807, 2.05) is 18.2 Å². The van der Waals surface area contributed by atoms with Crippen LogP contribution in [0, 0.1) is 11.2 Å². The fourth-order valence-electron chi connectivity index (χ4n) is 4.25. The third kappa shape index (κ3) is 3.76. The summed E-state index contributed by atoms with van der Waals surface area (Å²) >= 11 is 1.37. The van der Waals surface area contributed by atoms with Crippen LogP contribution in [0.15, 0.2) is 65.2 Å². The summed E-state index contributed by atoms with van der Waals surface area (Å²) in [7, 11) is 0. The highest BCUT2D eigenvalue weighted by molar-refractivity contribution is 7.98. The molecule has 0 unspecified atom stereocenters. The minimum Gasteiger partial charge on any atom is -0.328 e. The van der Waals surface area contributed by atoms with Gasteiger partial charge in [-0.1, -0.05) is 49.9 Å². The van der Waals surface area contributed by atoms with Crippen LogP contribution in [0.5, 0.6) is 0 Å². The van der Waals surface area contributed by atoms with Gasteiger partial charge in [-0.15, -0.1) is 5.10 Å². The van der Waals surface area contributed by atoms with Crippen molar-refractivity contribution in [3.05, 3.63) is 77.0 Å². The van der Waals surface area contributed by atoms with Crippen molar-refractivity contribution in [3.63, 3.8) is 0 Å². The first kappa shape index (κ1) is 19.9. The molecule has 5 rings (SSSR count). The van der Waals surface area contributed by atoms with E-state index in [1.165, 1.54) is 17.8 Å². The average molecular weight is 436 g/mol. The number of Topliss-reactive ketones (excluding diaryl/α,β-unsaturated/α-hetero) is 1. The molecule has 1 aliphatic carbocycles. The number of allylic oxidation sites excluding steroid dienone is 2. The number of rotatable bonds is 4. The van der Waals surface area contributed by atoms with Crippen LogP contribution in [0.3, 0.4) is 0 Å². The van der Waals surface area contributed by atoms with E-state index in [4.69, 9.17) is 0 Å². The van der Waals surface area contributed by atoms with E-state index >= 15 is 0 Å². The standard InChI is InChI=1S/C23H22FN5OS/c1-23(2)10-17-19(18(30)11-23)20(14-7-5-9-25-12-14)29-21(26-17)27-22(28-29)31-13-15-6-3-4-8-16(15)24/h3-9,12,20H,10-11,13H2,1-2H3,(H,26,27,28)/t20-/m0/s1. The van der Waals surface area contributed by atoms with Crippen molar-refractivity contribution >= 4 is 23.5 Å². The number of anilines is 1. The highest BCUT2D eigenvalue weighted by Crippen LogP contribution is 2.45. The molecule has 0 spiro atoms. The van der Waals surface area contributed by atoms with Gasteiger partial charge in [-0.3, -0.25) is 9.78 Å². The van der Waals surface area contributed by atoms with Crippen LogP contribution in [0.2, 0.25) is 0 Å². The summed E-state index contributed by atoms with van der Waals surface area (Å²) in [5, 5.41) is 8.57. The number of carbonyl (C=O) groups excluding carboxylic acids is 1. The zero-order valence-corrected chi connectivity index (χ0v) is 18.1. The van der Waals surface area contributed by atoms with Gasteiger partial charge in [-0.2, -0.15) is 4.98 Å². The molecule has 1 aliphatic heterocycles. The second-order valence-corrected chi connectivity index (χ2v) is 9.63. The number of pyridine rings is 1. The van der Waals surface area contributed by atoms with E-state index in [-0.39, 0.29) is 23.1 Å². The van der Waals surface area contributed by atoms with Gasteiger partial charge < -0.3 is 5.32 Å². The van der Waals surface area contributed by atoms with Crippen molar-refractivity contribution in [1.82, 2.24) is 19.7 Å². The molecular formula is C23H22FN5OS.